The zero-order chi connectivity index (χ0) is 12.1. The van der Waals surface area contributed by atoms with Gasteiger partial charge in [-0.2, -0.15) is 0 Å². The van der Waals surface area contributed by atoms with Gasteiger partial charge < -0.3 is 4.57 Å². The van der Waals surface area contributed by atoms with Crippen LogP contribution in [0, 0.1) is 11.6 Å². The summed E-state index contributed by atoms with van der Waals surface area (Å²) in [5, 5.41) is 0. The van der Waals surface area contributed by atoms with E-state index >= 15 is 0 Å². The summed E-state index contributed by atoms with van der Waals surface area (Å²) in [5.41, 5.74) is 0.310. The van der Waals surface area contributed by atoms with Crippen molar-refractivity contribution in [1.29, 1.82) is 0 Å². The molecule has 2 aromatic rings. The summed E-state index contributed by atoms with van der Waals surface area (Å²) in [6.07, 6.45) is 1.53. The molecule has 0 amide bonds. The standard InChI is InChI=1S/C11H11BrF2N2/c1-11(2,3)16-5-15-7-4-6(12)8(13)9(14)10(7)16/h4-5H,1-3H3. The van der Waals surface area contributed by atoms with Crippen molar-refractivity contribution in [2.24, 2.45) is 0 Å². The number of fused-ring (bicyclic) bond motifs is 1. The fourth-order valence-corrected chi connectivity index (χ4v) is 1.98. The highest BCUT2D eigenvalue weighted by Gasteiger charge is 2.22. The van der Waals surface area contributed by atoms with Crippen molar-refractivity contribution in [3.8, 4) is 0 Å². The number of halogens is 3. The number of aromatic nitrogens is 2. The number of hydrogen-bond acceptors (Lipinski definition) is 1. The summed E-state index contributed by atoms with van der Waals surface area (Å²) in [7, 11) is 0. The van der Waals surface area contributed by atoms with Crippen molar-refractivity contribution < 1.29 is 8.78 Å². The van der Waals surface area contributed by atoms with Crippen molar-refractivity contribution in [2.75, 3.05) is 0 Å². The average molecular weight is 289 g/mol. The maximum absolute atomic E-state index is 13.8. The van der Waals surface area contributed by atoms with E-state index in [0.717, 1.165) is 0 Å². The molecule has 86 valence electrons. The highest BCUT2D eigenvalue weighted by molar-refractivity contribution is 9.10. The van der Waals surface area contributed by atoms with Crippen LogP contribution in [0.25, 0.3) is 11.0 Å². The molecule has 1 aromatic heterocycles. The van der Waals surface area contributed by atoms with E-state index in [1.165, 1.54) is 12.4 Å². The molecule has 0 spiro atoms. The van der Waals surface area contributed by atoms with E-state index < -0.39 is 11.6 Å². The van der Waals surface area contributed by atoms with Gasteiger partial charge in [-0.15, -0.1) is 0 Å². The van der Waals surface area contributed by atoms with Crippen LogP contribution in [0.15, 0.2) is 16.9 Å². The van der Waals surface area contributed by atoms with Gasteiger partial charge in [-0.3, -0.25) is 0 Å². The first-order valence-electron chi connectivity index (χ1n) is 4.83. The van der Waals surface area contributed by atoms with Gasteiger partial charge in [0.25, 0.3) is 0 Å². The van der Waals surface area contributed by atoms with E-state index in [4.69, 9.17) is 0 Å². The second-order valence-corrected chi connectivity index (χ2v) is 5.49. The Morgan fingerprint density at radius 2 is 1.88 bits per heavy atom. The first-order chi connectivity index (χ1) is 7.32. The molecule has 1 heterocycles. The van der Waals surface area contributed by atoms with Gasteiger partial charge in [0.2, 0.25) is 0 Å². The summed E-state index contributed by atoms with van der Waals surface area (Å²) < 4.78 is 29.0. The Balaban J connectivity index is 2.87. The Bertz CT molecular complexity index is 555. The number of imidazole rings is 1. The SMILES string of the molecule is CC(C)(C)n1cnc2cc(Br)c(F)c(F)c21. The largest absolute Gasteiger partial charge is 0.323 e. The minimum atomic E-state index is -0.876. The lowest BCUT2D eigenvalue weighted by Gasteiger charge is -2.21. The Morgan fingerprint density at radius 1 is 1.25 bits per heavy atom. The molecule has 16 heavy (non-hydrogen) atoms. The molecular formula is C11H11BrF2N2. The number of nitrogens with zero attached hydrogens (tertiary/aromatic N) is 2. The van der Waals surface area contributed by atoms with Crippen LogP contribution in [0.4, 0.5) is 8.78 Å². The van der Waals surface area contributed by atoms with Crippen LogP contribution in [0.5, 0.6) is 0 Å². The van der Waals surface area contributed by atoms with Gasteiger partial charge in [-0.1, -0.05) is 0 Å². The fraction of sp³-hybridized carbons (Fsp3) is 0.364. The molecule has 0 N–H and O–H groups in total. The van der Waals surface area contributed by atoms with Gasteiger partial charge in [-0.25, -0.2) is 13.8 Å². The van der Waals surface area contributed by atoms with Gasteiger partial charge in [0.05, 0.1) is 16.3 Å². The molecule has 0 aliphatic carbocycles. The second-order valence-electron chi connectivity index (χ2n) is 4.64. The molecule has 1 aromatic carbocycles. The quantitative estimate of drug-likeness (QED) is 0.674. The van der Waals surface area contributed by atoms with Gasteiger partial charge in [0.1, 0.15) is 5.52 Å². The summed E-state index contributed by atoms with van der Waals surface area (Å²) >= 11 is 2.96. The van der Waals surface area contributed by atoms with Crippen molar-refractivity contribution in [3.63, 3.8) is 0 Å². The smallest absolute Gasteiger partial charge is 0.185 e. The third kappa shape index (κ3) is 1.63. The zero-order valence-electron chi connectivity index (χ0n) is 9.18. The molecule has 2 rings (SSSR count). The molecule has 0 aliphatic rings. The maximum atomic E-state index is 13.8. The number of benzene rings is 1. The fourth-order valence-electron chi connectivity index (χ4n) is 1.59. The Labute approximate surface area is 100 Å². The van der Waals surface area contributed by atoms with Crippen molar-refractivity contribution in [3.05, 3.63) is 28.5 Å². The van der Waals surface area contributed by atoms with E-state index in [9.17, 15) is 8.78 Å². The van der Waals surface area contributed by atoms with Crippen LogP contribution >= 0.6 is 15.9 Å². The monoisotopic (exact) mass is 288 g/mol. The normalized spacial score (nSPS) is 12.4. The number of hydrogen-bond donors (Lipinski definition) is 0. The van der Waals surface area contributed by atoms with Crippen LogP contribution in [0.1, 0.15) is 20.8 Å². The molecule has 0 unspecified atom stereocenters. The third-order valence-corrected chi connectivity index (χ3v) is 2.97. The third-order valence-electron chi connectivity index (χ3n) is 2.39. The van der Waals surface area contributed by atoms with Crippen LogP contribution in [0.2, 0.25) is 0 Å². The molecule has 0 saturated heterocycles. The van der Waals surface area contributed by atoms with Gasteiger partial charge in [0.15, 0.2) is 11.6 Å². The van der Waals surface area contributed by atoms with Crippen molar-refractivity contribution in [1.82, 2.24) is 9.55 Å². The van der Waals surface area contributed by atoms with Crippen LogP contribution < -0.4 is 0 Å². The zero-order valence-corrected chi connectivity index (χ0v) is 10.8. The lowest BCUT2D eigenvalue weighted by Crippen LogP contribution is -2.21. The lowest BCUT2D eigenvalue weighted by atomic mass is 10.1. The predicted molar refractivity (Wildman–Crippen MR) is 62.3 cm³/mol. The van der Waals surface area contributed by atoms with Gasteiger partial charge in [-0.05, 0) is 42.8 Å². The van der Waals surface area contributed by atoms with Gasteiger partial charge >= 0.3 is 0 Å². The molecule has 0 radical (unpaired) electrons. The summed E-state index contributed by atoms with van der Waals surface area (Å²) in [5.74, 6) is -1.74. The molecule has 0 fully saturated rings. The molecule has 5 heteroatoms. The highest BCUT2D eigenvalue weighted by atomic mass is 79.9. The lowest BCUT2D eigenvalue weighted by molar-refractivity contribution is 0.401. The minimum Gasteiger partial charge on any atom is -0.323 e. The summed E-state index contributed by atoms with van der Waals surface area (Å²) in [6, 6.07) is 1.48. The van der Waals surface area contributed by atoms with E-state index in [1.54, 1.807) is 4.57 Å². The predicted octanol–water partition coefficient (Wildman–Crippen LogP) is 3.83. The van der Waals surface area contributed by atoms with Crippen molar-refractivity contribution in [2.45, 2.75) is 26.3 Å². The minimum absolute atomic E-state index is 0.0941. The average Bonchev–Trinajstić information content (AvgIpc) is 2.57. The van der Waals surface area contributed by atoms with Crippen LogP contribution in [-0.4, -0.2) is 9.55 Å². The topological polar surface area (TPSA) is 17.8 Å². The summed E-state index contributed by atoms with van der Waals surface area (Å²) in [6.45, 7) is 5.73. The summed E-state index contributed by atoms with van der Waals surface area (Å²) in [4.78, 5) is 4.07. The first-order valence-corrected chi connectivity index (χ1v) is 5.62. The molecule has 0 saturated carbocycles. The Hall–Kier alpha value is -0.970. The van der Waals surface area contributed by atoms with E-state index in [0.29, 0.717) is 5.52 Å². The Morgan fingerprint density at radius 3 is 2.44 bits per heavy atom. The molecule has 0 bridgehead atoms. The Kier molecular flexibility index (Phi) is 2.53. The number of rotatable bonds is 0. The highest BCUT2D eigenvalue weighted by Crippen LogP contribution is 2.29. The van der Waals surface area contributed by atoms with E-state index in [2.05, 4.69) is 20.9 Å². The van der Waals surface area contributed by atoms with Crippen LogP contribution in [0.3, 0.4) is 0 Å². The maximum Gasteiger partial charge on any atom is 0.185 e. The van der Waals surface area contributed by atoms with E-state index in [1.807, 2.05) is 20.8 Å². The molecular weight excluding hydrogens is 278 g/mol. The first kappa shape index (κ1) is 11.5. The second kappa shape index (κ2) is 3.52. The van der Waals surface area contributed by atoms with Crippen LogP contribution in [-0.2, 0) is 5.54 Å². The molecule has 0 aliphatic heterocycles. The molecule has 0 atom stereocenters. The van der Waals surface area contributed by atoms with Gasteiger partial charge in [0, 0.05) is 5.54 Å². The van der Waals surface area contributed by atoms with Crippen molar-refractivity contribution >= 4 is 27.0 Å². The van der Waals surface area contributed by atoms with E-state index in [-0.39, 0.29) is 15.5 Å². The molecule has 2 nitrogen and oxygen atoms in total.